The van der Waals surface area contributed by atoms with Crippen LogP contribution in [0.4, 0.5) is 0 Å². The molecule has 1 saturated carbocycles. The van der Waals surface area contributed by atoms with Gasteiger partial charge in [0.05, 0.1) is 18.1 Å². The van der Waals surface area contributed by atoms with Gasteiger partial charge in [0.25, 0.3) is 0 Å². The van der Waals surface area contributed by atoms with Crippen molar-refractivity contribution in [3.05, 3.63) is 48.5 Å². The number of ether oxygens (including phenoxy) is 1. The van der Waals surface area contributed by atoms with Crippen LogP contribution in [0, 0.1) is 0 Å². The molecule has 3 rings (SSSR count). The molecule has 5 heteroatoms. The predicted octanol–water partition coefficient (Wildman–Crippen LogP) is 3.23. The van der Waals surface area contributed by atoms with Gasteiger partial charge >= 0.3 is 0 Å². The van der Waals surface area contributed by atoms with Gasteiger partial charge in [-0.2, -0.15) is 0 Å². The van der Waals surface area contributed by atoms with Gasteiger partial charge in [-0.25, -0.2) is 4.98 Å². The van der Waals surface area contributed by atoms with Crippen molar-refractivity contribution in [2.45, 2.75) is 57.8 Å². The van der Waals surface area contributed by atoms with E-state index < -0.39 is 0 Å². The summed E-state index contributed by atoms with van der Waals surface area (Å²) in [6.07, 6.45) is 10.6. The molecule has 0 saturated heterocycles. The van der Waals surface area contributed by atoms with Gasteiger partial charge in [0.2, 0.25) is 5.91 Å². The lowest BCUT2D eigenvalue weighted by Gasteiger charge is -2.20. The molecule has 1 aromatic heterocycles. The average molecular weight is 327 g/mol. The van der Waals surface area contributed by atoms with Crippen molar-refractivity contribution in [3.63, 3.8) is 0 Å². The van der Waals surface area contributed by atoms with E-state index in [1.807, 2.05) is 42.0 Å². The van der Waals surface area contributed by atoms with Crippen LogP contribution < -0.4 is 5.32 Å². The standard InChI is InChI=1S/C19H25N3O2/c1-2-18(24-16-8-4-5-9-16)19(23)21-13-15-7-3-6-10-17(15)22-12-11-20-14-22/h3,6-7,10-12,14,16,18H,2,4-5,8-9,13H2,1H3,(H,21,23). The summed E-state index contributed by atoms with van der Waals surface area (Å²) in [5, 5.41) is 3.03. The second-order valence-electron chi connectivity index (χ2n) is 6.26. The van der Waals surface area contributed by atoms with E-state index in [4.69, 9.17) is 4.74 Å². The number of benzene rings is 1. The molecule has 1 aromatic carbocycles. The summed E-state index contributed by atoms with van der Waals surface area (Å²) in [6.45, 7) is 2.48. The number of nitrogens with one attached hydrogen (secondary N) is 1. The number of hydrogen-bond acceptors (Lipinski definition) is 3. The largest absolute Gasteiger partial charge is 0.365 e. The minimum absolute atomic E-state index is 0.0233. The first-order valence-electron chi connectivity index (χ1n) is 8.77. The molecule has 1 heterocycles. The minimum atomic E-state index is -0.353. The first-order valence-corrected chi connectivity index (χ1v) is 8.77. The Kier molecular flexibility index (Phi) is 5.64. The molecule has 1 amide bonds. The summed E-state index contributed by atoms with van der Waals surface area (Å²) in [5.41, 5.74) is 2.08. The Morgan fingerprint density at radius 3 is 2.88 bits per heavy atom. The Morgan fingerprint density at radius 1 is 1.38 bits per heavy atom. The molecule has 1 unspecified atom stereocenters. The van der Waals surface area contributed by atoms with Gasteiger partial charge in [0.15, 0.2) is 0 Å². The summed E-state index contributed by atoms with van der Waals surface area (Å²) in [4.78, 5) is 16.6. The molecule has 1 atom stereocenters. The fourth-order valence-corrected chi connectivity index (χ4v) is 3.21. The minimum Gasteiger partial charge on any atom is -0.365 e. The molecule has 2 aromatic rings. The molecule has 0 aliphatic heterocycles. The fraction of sp³-hybridized carbons (Fsp3) is 0.474. The van der Waals surface area contributed by atoms with E-state index in [2.05, 4.69) is 10.3 Å². The molecule has 0 spiro atoms. The van der Waals surface area contributed by atoms with E-state index in [9.17, 15) is 4.79 Å². The quantitative estimate of drug-likeness (QED) is 0.849. The van der Waals surface area contributed by atoms with Crippen molar-refractivity contribution in [1.82, 2.24) is 14.9 Å². The molecule has 0 bridgehead atoms. The highest BCUT2D eigenvalue weighted by molar-refractivity contribution is 5.80. The number of nitrogens with zero attached hydrogens (tertiary/aromatic N) is 2. The maximum absolute atomic E-state index is 12.5. The molecule has 0 radical (unpaired) electrons. The molecule has 1 aliphatic rings. The van der Waals surface area contributed by atoms with Gasteiger partial charge in [0, 0.05) is 18.9 Å². The van der Waals surface area contributed by atoms with Gasteiger partial charge in [-0.1, -0.05) is 38.0 Å². The second-order valence-corrected chi connectivity index (χ2v) is 6.26. The van der Waals surface area contributed by atoms with Crippen molar-refractivity contribution < 1.29 is 9.53 Å². The fourth-order valence-electron chi connectivity index (χ4n) is 3.21. The Morgan fingerprint density at radius 2 is 2.17 bits per heavy atom. The number of imidazole rings is 1. The van der Waals surface area contributed by atoms with E-state index in [1.165, 1.54) is 12.8 Å². The normalized spacial score (nSPS) is 16.2. The van der Waals surface area contributed by atoms with Crippen LogP contribution in [0.25, 0.3) is 5.69 Å². The van der Waals surface area contributed by atoms with Gasteiger partial charge < -0.3 is 14.6 Å². The second kappa shape index (κ2) is 8.11. The van der Waals surface area contributed by atoms with Crippen molar-refractivity contribution in [2.75, 3.05) is 0 Å². The van der Waals surface area contributed by atoms with E-state index in [1.54, 1.807) is 12.5 Å². The third kappa shape index (κ3) is 4.03. The topological polar surface area (TPSA) is 56.1 Å². The van der Waals surface area contributed by atoms with Crippen molar-refractivity contribution in [3.8, 4) is 5.69 Å². The number of carbonyl (C=O) groups excluding carboxylic acids is 1. The number of rotatable bonds is 7. The highest BCUT2D eigenvalue weighted by Crippen LogP contribution is 2.23. The summed E-state index contributed by atoms with van der Waals surface area (Å²) in [6, 6.07) is 8.01. The van der Waals surface area contributed by atoms with Crippen LogP contribution in [0.2, 0.25) is 0 Å². The van der Waals surface area contributed by atoms with Crippen LogP contribution in [0.15, 0.2) is 43.0 Å². The van der Waals surface area contributed by atoms with Crippen LogP contribution >= 0.6 is 0 Å². The zero-order valence-electron chi connectivity index (χ0n) is 14.1. The molecule has 128 valence electrons. The zero-order chi connectivity index (χ0) is 16.8. The maximum Gasteiger partial charge on any atom is 0.249 e. The lowest BCUT2D eigenvalue weighted by Crippen LogP contribution is -2.37. The monoisotopic (exact) mass is 327 g/mol. The van der Waals surface area contributed by atoms with E-state index >= 15 is 0 Å². The Bertz CT molecular complexity index is 648. The first-order chi connectivity index (χ1) is 11.8. The highest BCUT2D eigenvalue weighted by Gasteiger charge is 2.24. The van der Waals surface area contributed by atoms with Crippen LogP contribution in [0.3, 0.4) is 0 Å². The smallest absolute Gasteiger partial charge is 0.249 e. The average Bonchev–Trinajstić information content (AvgIpc) is 3.31. The number of aromatic nitrogens is 2. The van der Waals surface area contributed by atoms with Crippen molar-refractivity contribution in [2.24, 2.45) is 0 Å². The first kappa shape index (κ1) is 16.7. The van der Waals surface area contributed by atoms with Gasteiger partial charge in [-0.3, -0.25) is 4.79 Å². The number of carbonyl (C=O) groups is 1. The molecule has 5 nitrogen and oxygen atoms in total. The Labute approximate surface area is 143 Å². The Hall–Kier alpha value is -2.14. The summed E-state index contributed by atoms with van der Waals surface area (Å²) < 4.78 is 7.94. The molecule has 1 aliphatic carbocycles. The van der Waals surface area contributed by atoms with Crippen molar-refractivity contribution in [1.29, 1.82) is 0 Å². The third-order valence-electron chi connectivity index (χ3n) is 4.55. The van der Waals surface area contributed by atoms with Gasteiger partial charge in [-0.15, -0.1) is 0 Å². The lowest BCUT2D eigenvalue weighted by molar-refractivity contribution is -0.136. The molecule has 24 heavy (non-hydrogen) atoms. The summed E-state index contributed by atoms with van der Waals surface area (Å²) in [5.74, 6) is -0.0233. The number of hydrogen-bond donors (Lipinski definition) is 1. The molecular weight excluding hydrogens is 302 g/mol. The lowest BCUT2D eigenvalue weighted by atomic mass is 10.1. The van der Waals surface area contributed by atoms with Crippen LogP contribution in [-0.2, 0) is 16.1 Å². The molecule has 1 fully saturated rings. The van der Waals surface area contributed by atoms with Crippen LogP contribution in [0.5, 0.6) is 0 Å². The number of amides is 1. The van der Waals surface area contributed by atoms with Gasteiger partial charge in [0.1, 0.15) is 6.10 Å². The third-order valence-corrected chi connectivity index (χ3v) is 4.55. The van der Waals surface area contributed by atoms with E-state index in [0.29, 0.717) is 13.0 Å². The number of para-hydroxylation sites is 1. The summed E-state index contributed by atoms with van der Waals surface area (Å²) in [7, 11) is 0. The van der Waals surface area contributed by atoms with Crippen LogP contribution in [-0.4, -0.2) is 27.7 Å². The van der Waals surface area contributed by atoms with Crippen molar-refractivity contribution >= 4 is 5.91 Å². The van der Waals surface area contributed by atoms with Crippen LogP contribution in [0.1, 0.15) is 44.6 Å². The highest BCUT2D eigenvalue weighted by atomic mass is 16.5. The predicted molar refractivity (Wildman–Crippen MR) is 92.8 cm³/mol. The van der Waals surface area contributed by atoms with Gasteiger partial charge in [-0.05, 0) is 30.9 Å². The molecule has 1 N–H and O–H groups in total. The Balaban J connectivity index is 1.61. The SMILES string of the molecule is CCC(OC1CCCC1)C(=O)NCc1ccccc1-n1ccnc1. The summed E-state index contributed by atoms with van der Waals surface area (Å²) >= 11 is 0. The van der Waals surface area contributed by atoms with E-state index in [-0.39, 0.29) is 18.1 Å². The van der Waals surface area contributed by atoms with E-state index in [0.717, 1.165) is 24.1 Å². The zero-order valence-corrected chi connectivity index (χ0v) is 14.1. The molecular formula is C19H25N3O2. The maximum atomic E-state index is 12.5.